The number of likely N-dealkylation sites (N-methyl/N-ethyl adjacent to an activating group) is 2. The summed E-state index contributed by atoms with van der Waals surface area (Å²) in [7, 11) is 5.82. The Bertz CT molecular complexity index is 315. The number of hydrogen-bond donors (Lipinski definition) is 1. The highest BCUT2D eigenvalue weighted by Gasteiger charge is 2.11. The Hall–Kier alpha value is -1.06. The standard InChI is InChI=1S/C13H22N2O/c1-11(15(3)9-8-14-2)12-6-5-7-13(10-12)16-4/h5-7,10-11,14H,8-9H2,1-4H3. The summed E-state index contributed by atoms with van der Waals surface area (Å²) < 4.78 is 5.24. The molecule has 1 N–H and O–H groups in total. The number of methoxy groups -OCH3 is 1. The largest absolute Gasteiger partial charge is 0.497 e. The molecule has 0 saturated heterocycles. The Balaban J connectivity index is 2.67. The first-order valence-corrected chi connectivity index (χ1v) is 5.67. The van der Waals surface area contributed by atoms with Crippen LogP contribution in [0.25, 0.3) is 0 Å². The van der Waals surface area contributed by atoms with Crippen molar-refractivity contribution in [2.45, 2.75) is 13.0 Å². The predicted octanol–water partition coefficient (Wildman–Crippen LogP) is 1.91. The number of rotatable bonds is 6. The highest BCUT2D eigenvalue weighted by atomic mass is 16.5. The van der Waals surface area contributed by atoms with Gasteiger partial charge in [-0.15, -0.1) is 0 Å². The first kappa shape index (κ1) is 13.0. The lowest BCUT2D eigenvalue weighted by atomic mass is 10.1. The molecule has 0 aliphatic rings. The van der Waals surface area contributed by atoms with Crippen molar-refractivity contribution in [1.29, 1.82) is 0 Å². The molecular weight excluding hydrogens is 200 g/mol. The molecule has 0 amide bonds. The lowest BCUT2D eigenvalue weighted by Gasteiger charge is -2.25. The summed E-state index contributed by atoms with van der Waals surface area (Å²) in [6.45, 7) is 4.25. The van der Waals surface area contributed by atoms with Gasteiger partial charge in [0.2, 0.25) is 0 Å². The maximum atomic E-state index is 5.24. The van der Waals surface area contributed by atoms with Gasteiger partial charge in [-0.1, -0.05) is 12.1 Å². The molecule has 1 aromatic carbocycles. The normalized spacial score (nSPS) is 12.8. The van der Waals surface area contributed by atoms with Crippen molar-refractivity contribution in [1.82, 2.24) is 10.2 Å². The third-order valence-corrected chi connectivity index (χ3v) is 2.95. The Kier molecular flexibility index (Phi) is 5.29. The lowest BCUT2D eigenvalue weighted by Crippen LogP contribution is -2.29. The second kappa shape index (κ2) is 6.51. The van der Waals surface area contributed by atoms with E-state index in [4.69, 9.17) is 4.74 Å². The van der Waals surface area contributed by atoms with Crippen LogP contribution in [0.2, 0.25) is 0 Å². The van der Waals surface area contributed by atoms with Crippen molar-refractivity contribution in [3.8, 4) is 5.75 Å². The third kappa shape index (κ3) is 3.51. The molecule has 3 nitrogen and oxygen atoms in total. The van der Waals surface area contributed by atoms with E-state index in [1.54, 1.807) is 7.11 Å². The van der Waals surface area contributed by atoms with Crippen LogP contribution in [0.15, 0.2) is 24.3 Å². The monoisotopic (exact) mass is 222 g/mol. The quantitative estimate of drug-likeness (QED) is 0.795. The highest BCUT2D eigenvalue weighted by molar-refractivity contribution is 5.30. The summed E-state index contributed by atoms with van der Waals surface area (Å²) in [6.07, 6.45) is 0. The minimum atomic E-state index is 0.406. The predicted molar refractivity (Wildman–Crippen MR) is 68.0 cm³/mol. The summed E-state index contributed by atoms with van der Waals surface area (Å²) in [5, 5.41) is 3.16. The van der Waals surface area contributed by atoms with E-state index in [2.05, 4.69) is 36.3 Å². The Morgan fingerprint density at radius 2 is 2.19 bits per heavy atom. The molecule has 0 radical (unpaired) electrons. The zero-order valence-electron chi connectivity index (χ0n) is 10.7. The van der Waals surface area contributed by atoms with E-state index in [0.29, 0.717) is 6.04 Å². The summed E-state index contributed by atoms with van der Waals surface area (Å²) in [5.74, 6) is 0.923. The molecule has 1 atom stereocenters. The number of hydrogen-bond acceptors (Lipinski definition) is 3. The van der Waals surface area contributed by atoms with Crippen molar-refractivity contribution in [3.05, 3.63) is 29.8 Å². The minimum absolute atomic E-state index is 0.406. The molecule has 0 aliphatic carbocycles. The molecule has 3 heteroatoms. The molecule has 1 rings (SSSR count). The van der Waals surface area contributed by atoms with Crippen molar-refractivity contribution >= 4 is 0 Å². The van der Waals surface area contributed by atoms with Gasteiger partial charge < -0.3 is 10.1 Å². The van der Waals surface area contributed by atoms with Gasteiger partial charge in [-0.3, -0.25) is 4.90 Å². The number of benzene rings is 1. The second-order valence-electron chi connectivity index (χ2n) is 4.04. The summed E-state index contributed by atoms with van der Waals surface area (Å²) in [6, 6.07) is 8.66. The molecule has 0 fully saturated rings. The summed E-state index contributed by atoms with van der Waals surface area (Å²) in [4.78, 5) is 2.32. The Morgan fingerprint density at radius 3 is 2.81 bits per heavy atom. The van der Waals surface area contributed by atoms with Gasteiger partial charge in [0.15, 0.2) is 0 Å². The molecule has 16 heavy (non-hydrogen) atoms. The number of ether oxygens (including phenoxy) is 1. The van der Waals surface area contributed by atoms with E-state index in [0.717, 1.165) is 18.8 Å². The highest BCUT2D eigenvalue weighted by Crippen LogP contribution is 2.22. The fraction of sp³-hybridized carbons (Fsp3) is 0.538. The average Bonchev–Trinajstić information content (AvgIpc) is 2.35. The maximum Gasteiger partial charge on any atom is 0.119 e. The van der Waals surface area contributed by atoms with E-state index in [9.17, 15) is 0 Å². The minimum Gasteiger partial charge on any atom is -0.497 e. The SMILES string of the molecule is CNCCN(C)C(C)c1cccc(OC)c1. The molecule has 0 bridgehead atoms. The summed E-state index contributed by atoms with van der Waals surface area (Å²) in [5.41, 5.74) is 1.29. The zero-order chi connectivity index (χ0) is 12.0. The van der Waals surface area contributed by atoms with Gasteiger partial charge in [-0.25, -0.2) is 0 Å². The molecule has 0 spiro atoms. The van der Waals surface area contributed by atoms with Gasteiger partial charge >= 0.3 is 0 Å². The van der Waals surface area contributed by atoms with Crippen LogP contribution in [0.3, 0.4) is 0 Å². The molecule has 90 valence electrons. The maximum absolute atomic E-state index is 5.24. The van der Waals surface area contributed by atoms with Crippen LogP contribution >= 0.6 is 0 Å². The van der Waals surface area contributed by atoms with E-state index in [1.165, 1.54) is 5.56 Å². The lowest BCUT2D eigenvalue weighted by molar-refractivity contribution is 0.263. The first-order chi connectivity index (χ1) is 7.69. The van der Waals surface area contributed by atoms with Gasteiger partial charge in [-0.2, -0.15) is 0 Å². The van der Waals surface area contributed by atoms with E-state index in [-0.39, 0.29) is 0 Å². The topological polar surface area (TPSA) is 24.5 Å². The van der Waals surface area contributed by atoms with Crippen molar-refractivity contribution in [3.63, 3.8) is 0 Å². The zero-order valence-corrected chi connectivity index (χ0v) is 10.7. The fourth-order valence-electron chi connectivity index (χ4n) is 1.64. The van der Waals surface area contributed by atoms with Crippen molar-refractivity contribution in [2.24, 2.45) is 0 Å². The number of nitrogens with zero attached hydrogens (tertiary/aromatic N) is 1. The third-order valence-electron chi connectivity index (χ3n) is 2.95. The summed E-state index contributed by atoms with van der Waals surface area (Å²) >= 11 is 0. The van der Waals surface area contributed by atoms with Crippen LogP contribution in [0.5, 0.6) is 5.75 Å². The Morgan fingerprint density at radius 1 is 1.44 bits per heavy atom. The van der Waals surface area contributed by atoms with Crippen LogP contribution in [0.1, 0.15) is 18.5 Å². The van der Waals surface area contributed by atoms with Crippen LogP contribution in [0.4, 0.5) is 0 Å². The molecule has 1 unspecified atom stereocenters. The fourth-order valence-corrected chi connectivity index (χ4v) is 1.64. The molecule has 0 heterocycles. The van der Waals surface area contributed by atoms with Crippen molar-refractivity contribution < 1.29 is 4.74 Å². The van der Waals surface area contributed by atoms with Gasteiger partial charge in [0.25, 0.3) is 0 Å². The van der Waals surface area contributed by atoms with E-state index >= 15 is 0 Å². The van der Waals surface area contributed by atoms with Crippen LogP contribution in [0, 0.1) is 0 Å². The Labute approximate surface area is 98.4 Å². The smallest absolute Gasteiger partial charge is 0.119 e. The van der Waals surface area contributed by atoms with Crippen molar-refractivity contribution in [2.75, 3.05) is 34.3 Å². The second-order valence-corrected chi connectivity index (χ2v) is 4.04. The first-order valence-electron chi connectivity index (χ1n) is 5.67. The van der Waals surface area contributed by atoms with E-state index < -0.39 is 0 Å². The molecule has 0 aromatic heterocycles. The molecular formula is C13H22N2O. The van der Waals surface area contributed by atoms with E-state index in [1.807, 2.05) is 19.2 Å². The molecule has 0 aliphatic heterocycles. The molecule has 0 saturated carbocycles. The van der Waals surface area contributed by atoms with Gasteiger partial charge in [0.05, 0.1) is 7.11 Å². The van der Waals surface area contributed by atoms with Gasteiger partial charge in [0.1, 0.15) is 5.75 Å². The van der Waals surface area contributed by atoms with Crippen LogP contribution in [-0.4, -0.2) is 39.2 Å². The van der Waals surface area contributed by atoms with Gasteiger partial charge in [-0.05, 0) is 38.7 Å². The molecule has 1 aromatic rings. The van der Waals surface area contributed by atoms with Gasteiger partial charge in [0, 0.05) is 19.1 Å². The van der Waals surface area contributed by atoms with Crippen LogP contribution < -0.4 is 10.1 Å². The average molecular weight is 222 g/mol. The number of nitrogens with one attached hydrogen (secondary N) is 1. The van der Waals surface area contributed by atoms with Crippen LogP contribution in [-0.2, 0) is 0 Å².